The fraction of sp³-hybridized carbons (Fsp3) is 0.625. The topological polar surface area (TPSA) is 21.3 Å². The van der Waals surface area contributed by atoms with Crippen molar-refractivity contribution < 1.29 is 4.74 Å². The number of methoxy groups -OCH3 is 1. The van der Waals surface area contributed by atoms with Crippen LogP contribution in [-0.2, 0) is 6.42 Å². The van der Waals surface area contributed by atoms with Gasteiger partial charge in [0.25, 0.3) is 0 Å². The molecule has 1 aliphatic rings. The van der Waals surface area contributed by atoms with E-state index in [1.165, 1.54) is 11.3 Å². The van der Waals surface area contributed by atoms with Gasteiger partial charge in [0.15, 0.2) is 0 Å². The van der Waals surface area contributed by atoms with E-state index >= 15 is 0 Å². The Bertz CT molecular complexity index is 472. The summed E-state index contributed by atoms with van der Waals surface area (Å²) in [5, 5.41) is 5.64. The molecule has 0 saturated carbocycles. The minimum atomic E-state index is 0.473. The van der Waals surface area contributed by atoms with E-state index in [9.17, 15) is 0 Å². The molecule has 1 aromatic rings. The molecule has 0 radical (unpaired) electrons. The molecular formula is C16H24BrNOS2. The standard InChI is InChI=1S/C16H24BrNOS2/c1-10-11(2)21-16(9-20-10)14(18-3)8-12-7-13(17)5-6-15(12)19-4/h5-7,10-11,14,16,18H,8-9H2,1-4H3. The summed E-state index contributed by atoms with van der Waals surface area (Å²) in [5.74, 6) is 2.20. The fourth-order valence-electron chi connectivity index (χ4n) is 2.58. The normalized spacial score (nSPS) is 27.4. The summed E-state index contributed by atoms with van der Waals surface area (Å²) in [6.07, 6.45) is 0.998. The number of thioether (sulfide) groups is 2. The van der Waals surface area contributed by atoms with E-state index in [0.717, 1.165) is 21.9 Å². The van der Waals surface area contributed by atoms with Gasteiger partial charge in [0.05, 0.1) is 7.11 Å². The molecule has 1 N–H and O–H groups in total. The largest absolute Gasteiger partial charge is 0.496 e. The van der Waals surface area contributed by atoms with Crippen molar-refractivity contribution in [1.82, 2.24) is 5.32 Å². The zero-order valence-corrected chi connectivity index (χ0v) is 16.3. The summed E-state index contributed by atoms with van der Waals surface area (Å²) >= 11 is 7.79. The molecule has 0 spiro atoms. The predicted octanol–water partition coefficient (Wildman–Crippen LogP) is 4.21. The molecule has 4 atom stereocenters. The molecular weight excluding hydrogens is 366 g/mol. The van der Waals surface area contributed by atoms with Gasteiger partial charge in [0, 0.05) is 32.0 Å². The van der Waals surface area contributed by atoms with Crippen LogP contribution in [-0.4, -0.2) is 41.7 Å². The summed E-state index contributed by atoms with van der Waals surface area (Å²) in [5.41, 5.74) is 1.27. The van der Waals surface area contributed by atoms with Gasteiger partial charge in [-0.15, -0.1) is 0 Å². The third kappa shape index (κ3) is 4.57. The van der Waals surface area contributed by atoms with Crippen LogP contribution in [0.4, 0.5) is 0 Å². The fourth-order valence-corrected chi connectivity index (χ4v) is 6.16. The lowest BCUT2D eigenvalue weighted by molar-refractivity contribution is 0.405. The highest BCUT2D eigenvalue weighted by atomic mass is 79.9. The third-order valence-corrected chi connectivity index (χ3v) is 8.12. The Kier molecular flexibility index (Phi) is 6.79. The van der Waals surface area contributed by atoms with Gasteiger partial charge < -0.3 is 10.1 Å². The first-order valence-electron chi connectivity index (χ1n) is 7.32. The molecule has 21 heavy (non-hydrogen) atoms. The number of likely N-dealkylation sites (N-methyl/N-ethyl adjacent to an activating group) is 1. The molecule has 0 aliphatic carbocycles. The Morgan fingerprint density at radius 2 is 2.14 bits per heavy atom. The van der Waals surface area contributed by atoms with Crippen LogP contribution in [0.5, 0.6) is 5.75 Å². The zero-order chi connectivity index (χ0) is 15.4. The van der Waals surface area contributed by atoms with E-state index in [0.29, 0.717) is 16.5 Å². The van der Waals surface area contributed by atoms with Gasteiger partial charge in [0.1, 0.15) is 5.75 Å². The number of benzene rings is 1. The quantitative estimate of drug-likeness (QED) is 0.813. The first-order valence-corrected chi connectivity index (χ1v) is 10.1. The molecule has 1 aliphatic heterocycles. The van der Waals surface area contributed by atoms with Crippen molar-refractivity contribution in [3.63, 3.8) is 0 Å². The van der Waals surface area contributed by atoms with Gasteiger partial charge in [-0.1, -0.05) is 29.8 Å². The summed E-state index contributed by atoms with van der Waals surface area (Å²) in [4.78, 5) is 0. The van der Waals surface area contributed by atoms with Crippen molar-refractivity contribution in [1.29, 1.82) is 0 Å². The highest BCUT2D eigenvalue weighted by Crippen LogP contribution is 2.38. The summed E-state index contributed by atoms with van der Waals surface area (Å²) < 4.78 is 6.62. The molecule has 4 unspecified atom stereocenters. The van der Waals surface area contributed by atoms with E-state index in [-0.39, 0.29) is 0 Å². The summed E-state index contributed by atoms with van der Waals surface area (Å²) in [6, 6.07) is 6.72. The van der Waals surface area contributed by atoms with Gasteiger partial charge in [-0.3, -0.25) is 0 Å². The average Bonchev–Trinajstić information content (AvgIpc) is 2.48. The van der Waals surface area contributed by atoms with E-state index < -0.39 is 0 Å². The molecule has 1 aromatic carbocycles. The van der Waals surface area contributed by atoms with Crippen LogP contribution in [0.1, 0.15) is 19.4 Å². The van der Waals surface area contributed by atoms with Gasteiger partial charge in [-0.05, 0) is 37.2 Å². The van der Waals surface area contributed by atoms with Crippen LogP contribution in [0.25, 0.3) is 0 Å². The Morgan fingerprint density at radius 1 is 1.38 bits per heavy atom. The first-order chi connectivity index (χ1) is 10.0. The highest BCUT2D eigenvalue weighted by molar-refractivity contribution is 9.10. The van der Waals surface area contributed by atoms with Crippen molar-refractivity contribution in [3.8, 4) is 5.75 Å². The van der Waals surface area contributed by atoms with E-state index in [1.54, 1.807) is 7.11 Å². The molecule has 2 nitrogen and oxygen atoms in total. The highest BCUT2D eigenvalue weighted by Gasteiger charge is 2.31. The average molecular weight is 390 g/mol. The van der Waals surface area contributed by atoms with Crippen LogP contribution >= 0.6 is 39.5 Å². The number of rotatable bonds is 5. The molecule has 0 aromatic heterocycles. The molecule has 1 fully saturated rings. The number of hydrogen-bond donors (Lipinski definition) is 1. The van der Waals surface area contributed by atoms with Crippen LogP contribution in [0.3, 0.4) is 0 Å². The Balaban J connectivity index is 2.10. The van der Waals surface area contributed by atoms with Crippen LogP contribution in [0.15, 0.2) is 22.7 Å². The van der Waals surface area contributed by atoms with Crippen molar-refractivity contribution in [2.75, 3.05) is 19.9 Å². The van der Waals surface area contributed by atoms with E-state index in [1.807, 2.05) is 12.1 Å². The number of halogens is 1. The van der Waals surface area contributed by atoms with Crippen molar-refractivity contribution in [2.24, 2.45) is 0 Å². The zero-order valence-electron chi connectivity index (χ0n) is 13.1. The lowest BCUT2D eigenvalue weighted by atomic mass is 10.0. The Labute approximate surface area is 145 Å². The van der Waals surface area contributed by atoms with E-state index in [4.69, 9.17) is 4.74 Å². The maximum absolute atomic E-state index is 5.51. The second-order valence-corrected chi connectivity index (χ2v) is 9.42. The number of nitrogens with one attached hydrogen (secondary N) is 1. The molecule has 1 heterocycles. The van der Waals surface area contributed by atoms with Gasteiger partial charge in [-0.2, -0.15) is 23.5 Å². The molecule has 0 amide bonds. The van der Waals surface area contributed by atoms with Crippen molar-refractivity contribution in [2.45, 2.75) is 42.1 Å². The Morgan fingerprint density at radius 3 is 2.76 bits per heavy atom. The SMILES string of the molecule is CNC(Cc1cc(Br)ccc1OC)C1CSC(C)C(C)S1. The molecule has 2 rings (SSSR count). The maximum Gasteiger partial charge on any atom is 0.122 e. The molecule has 0 bridgehead atoms. The van der Waals surface area contributed by atoms with Gasteiger partial charge >= 0.3 is 0 Å². The van der Waals surface area contributed by atoms with Crippen LogP contribution < -0.4 is 10.1 Å². The smallest absolute Gasteiger partial charge is 0.122 e. The minimum Gasteiger partial charge on any atom is -0.496 e. The van der Waals surface area contributed by atoms with Crippen molar-refractivity contribution >= 4 is 39.5 Å². The third-order valence-electron chi connectivity index (χ3n) is 4.08. The molecule has 5 heteroatoms. The van der Waals surface area contributed by atoms with E-state index in [2.05, 4.69) is 71.7 Å². The van der Waals surface area contributed by atoms with Crippen LogP contribution in [0.2, 0.25) is 0 Å². The lowest BCUT2D eigenvalue weighted by Gasteiger charge is -2.36. The molecule has 118 valence electrons. The second-order valence-electron chi connectivity index (χ2n) is 5.47. The Hall–Kier alpha value is 0.160. The number of hydrogen-bond acceptors (Lipinski definition) is 4. The van der Waals surface area contributed by atoms with Crippen molar-refractivity contribution in [3.05, 3.63) is 28.2 Å². The van der Waals surface area contributed by atoms with Gasteiger partial charge in [-0.25, -0.2) is 0 Å². The molecule has 1 saturated heterocycles. The van der Waals surface area contributed by atoms with Crippen LogP contribution in [0, 0.1) is 0 Å². The lowest BCUT2D eigenvalue weighted by Crippen LogP contribution is -2.43. The first kappa shape index (κ1) is 17.5. The maximum atomic E-state index is 5.51. The monoisotopic (exact) mass is 389 g/mol. The number of ether oxygens (including phenoxy) is 1. The summed E-state index contributed by atoms with van der Waals surface area (Å²) in [7, 11) is 3.82. The second kappa shape index (κ2) is 8.14. The minimum absolute atomic E-state index is 0.473. The van der Waals surface area contributed by atoms with Gasteiger partial charge in [0.2, 0.25) is 0 Å². The predicted molar refractivity (Wildman–Crippen MR) is 100 cm³/mol. The summed E-state index contributed by atoms with van der Waals surface area (Å²) in [6.45, 7) is 4.69.